The predicted octanol–water partition coefficient (Wildman–Crippen LogP) is 10.2. The van der Waals surface area contributed by atoms with Gasteiger partial charge in [0.05, 0.1) is 19.6 Å². The van der Waals surface area contributed by atoms with Crippen molar-refractivity contribution in [2.45, 2.75) is 83.5 Å². The molecule has 1 aliphatic carbocycles. The van der Waals surface area contributed by atoms with Crippen LogP contribution in [0.5, 0.6) is 11.5 Å². The number of hydrogen-bond acceptors (Lipinski definition) is 2. The topological polar surface area (TPSA) is 18.5 Å². The summed E-state index contributed by atoms with van der Waals surface area (Å²) in [6.45, 7) is 14.1. The van der Waals surface area contributed by atoms with E-state index in [4.69, 9.17) is 9.47 Å². The second-order valence-electron chi connectivity index (χ2n) is 12.3. The Hall–Kier alpha value is -3.52. The zero-order valence-electron chi connectivity index (χ0n) is 26.2. The minimum atomic E-state index is -0.472. The second-order valence-corrected chi connectivity index (χ2v) is 12.3. The van der Waals surface area contributed by atoms with Crippen LogP contribution in [0, 0.1) is 0 Å². The average molecular weight is 547 g/mol. The van der Waals surface area contributed by atoms with Gasteiger partial charge < -0.3 is 9.47 Å². The van der Waals surface area contributed by atoms with E-state index in [1.165, 1.54) is 44.5 Å². The molecule has 0 fully saturated rings. The molecule has 2 heteroatoms. The Bertz CT molecular complexity index is 1390. The number of ether oxygens (including phenoxy) is 2. The monoisotopic (exact) mass is 546 g/mol. The van der Waals surface area contributed by atoms with Crippen molar-refractivity contribution in [2.75, 3.05) is 14.2 Å². The molecule has 5 rings (SSSR count). The van der Waals surface area contributed by atoms with Gasteiger partial charge in [0.1, 0.15) is 11.5 Å². The molecule has 0 spiro atoms. The molecule has 0 heterocycles. The summed E-state index contributed by atoms with van der Waals surface area (Å²) in [5.74, 6) is 1.74. The summed E-state index contributed by atoms with van der Waals surface area (Å²) in [6.07, 6.45) is 4.40. The van der Waals surface area contributed by atoms with E-state index in [9.17, 15) is 0 Å². The second kappa shape index (κ2) is 11.0. The van der Waals surface area contributed by atoms with E-state index in [-0.39, 0.29) is 10.8 Å². The van der Waals surface area contributed by atoms with Crippen LogP contribution >= 0.6 is 0 Å². The van der Waals surface area contributed by atoms with Gasteiger partial charge in [0, 0.05) is 0 Å². The maximum Gasteiger partial charge on any atom is 0.118 e. The van der Waals surface area contributed by atoms with E-state index in [0.717, 1.165) is 37.2 Å². The van der Waals surface area contributed by atoms with Crippen molar-refractivity contribution >= 4 is 0 Å². The first-order chi connectivity index (χ1) is 19.7. The zero-order valence-corrected chi connectivity index (χ0v) is 26.2. The molecule has 0 N–H and O–H groups in total. The van der Waals surface area contributed by atoms with Crippen molar-refractivity contribution in [3.05, 3.63) is 118 Å². The Morgan fingerprint density at radius 2 is 0.854 bits per heavy atom. The highest BCUT2D eigenvalue weighted by molar-refractivity contribution is 5.87. The maximum absolute atomic E-state index is 5.61. The molecule has 0 aromatic heterocycles. The zero-order chi connectivity index (χ0) is 29.4. The van der Waals surface area contributed by atoms with E-state index < -0.39 is 5.41 Å². The quantitative estimate of drug-likeness (QED) is 0.173. The number of hydrogen-bond donors (Lipinski definition) is 0. The minimum absolute atomic E-state index is 0.115. The van der Waals surface area contributed by atoms with Gasteiger partial charge in [-0.25, -0.2) is 0 Å². The van der Waals surface area contributed by atoms with Crippen LogP contribution in [0.4, 0.5) is 0 Å². The van der Waals surface area contributed by atoms with Gasteiger partial charge in [-0.15, -0.1) is 0 Å². The van der Waals surface area contributed by atoms with Gasteiger partial charge in [0.15, 0.2) is 0 Å². The highest BCUT2D eigenvalue weighted by Crippen LogP contribution is 2.58. The van der Waals surface area contributed by atoms with Crippen LogP contribution in [-0.2, 0) is 16.2 Å². The number of fused-ring (bicyclic) bond motifs is 3. The van der Waals surface area contributed by atoms with Crippen molar-refractivity contribution in [1.82, 2.24) is 0 Å². The first-order valence-corrected chi connectivity index (χ1v) is 15.3. The van der Waals surface area contributed by atoms with Crippen LogP contribution in [0.15, 0.2) is 84.9 Å². The van der Waals surface area contributed by atoms with Crippen molar-refractivity contribution in [2.24, 2.45) is 0 Å². The van der Waals surface area contributed by atoms with E-state index >= 15 is 0 Å². The Morgan fingerprint density at radius 1 is 0.512 bits per heavy atom. The molecule has 0 saturated heterocycles. The third kappa shape index (κ3) is 4.47. The van der Waals surface area contributed by atoms with Crippen LogP contribution < -0.4 is 9.47 Å². The highest BCUT2D eigenvalue weighted by Gasteiger charge is 2.47. The third-order valence-electron chi connectivity index (χ3n) is 10.7. The van der Waals surface area contributed by atoms with Gasteiger partial charge in [0.2, 0.25) is 0 Å². The van der Waals surface area contributed by atoms with Crippen molar-refractivity contribution < 1.29 is 9.47 Å². The van der Waals surface area contributed by atoms with E-state index in [0.29, 0.717) is 0 Å². The number of benzene rings is 4. The molecule has 1 aliphatic rings. The van der Waals surface area contributed by atoms with Crippen molar-refractivity contribution in [3.8, 4) is 22.6 Å². The van der Waals surface area contributed by atoms with E-state index in [2.05, 4.69) is 126 Å². The summed E-state index contributed by atoms with van der Waals surface area (Å²) in [5.41, 5.74) is 10.5. The van der Waals surface area contributed by atoms with Gasteiger partial charge in [-0.1, -0.05) is 102 Å². The molecule has 0 radical (unpaired) electrons. The number of methoxy groups -OCH3 is 2. The van der Waals surface area contributed by atoms with Crippen LogP contribution in [0.25, 0.3) is 11.1 Å². The Labute approximate surface area is 247 Å². The maximum atomic E-state index is 5.61. The molecule has 4 aromatic rings. The Kier molecular flexibility index (Phi) is 7.81. The standard InChI is InChI=1S/C39H46O2/c1-9-37(5,10-2)29-17-23-33-34-24-18-30(38(6,11-3)12-4)26-36(34)39(35(33)25-29,27-13-19-31(40-7)20-14-27)28-15-21-32(41-8)22-16-28/h13-26H,9-12H2,1-8H3. The molecular formula is C39H46O2. The smallest absolute Gasteiger partial charge is 0.118 e. The fourth-order valence-corrected chi connectivity index (χ4v) is 6.86. The summed E-state index contributed by atoms with van der Waals surface area (Å²) in [6, 6.07) is 32.1. The van der Waals surface area contributed by atoms with Gasteiger partial charge in [-0.3, -0.25) is 0 Å². The normalized spacial score (nSPS) is 14.0. The fraction of sp³-hybridized carbons (Fsp3) is 0.385. The molecule has 0 unspecified atom stereocenters. The summed E-state index contributed by atoms with van der Waals surface area (Å²) in [5, 5.41) is 0. The molecule has 0 saturated carbocycles. The molecule has 41 heavy (non-hydrogen) atoms. The number of rotatable bonds is 10. The molecule has 0 aliphatic heterocycles. The summed E-state index contributed by atoms with van der Waals surface area (Å²) < 4.78 is 11.2. The Balaban J connectivity index is 1.93. The lowest BCUT2D eigenvalue weighted by atomic mass is 9.65. The fourth-order valence-electron chi connectivity index (χ4n) is 6.86. The molecular weight excluding hydrogens is 500 g/mol. The first kappa shape index (κ1) is 29.0. The van der Waals surface area contributed by atoms with E-state index in [1.807, 2.05) is 0 Å². The van der Waals surface area contributed by atoms with Gasteiger partial charge in [-0.2, -0.15) is 0 Å². The lowest BCUT2D eigenvalue weighted by Crippen LogP contribution is -2.30. The van der Waals surface area contributed by atoms with Crippen molar-refractivity contribution in [3.63, 3.8) is 0 Å². The van der Waals surface area contributed by atoms with Crippen molar-refractivity contribution in [1.29, 1.82) is 0 Å². The summed E-state index contributed by atoms with van der Waals surface area (Å²) >= 11 is 0. The summed E-state index contributed by atoms with van der Waals surface area (Å²) in [4.78, 5) is 0. The highest BCUT2D eigenvalue weighted by atomic mass is 16.5. The van der Waals surface area contributed by atoms with Crippen LogP contribution in [-0.4, -0.2) is 14.2 Å². The minimum Gasteiger partial charge on any atom is -0.497 e. The SMILES string of the molecule is CCC(C)(CC)c1ccc2c(c1)C(c1ccc(OC)cc1)(c1ccc(OC)cc1)c1cc(C(C)(CC)CC)ccc1-2. The Morgan fingerprint density at radius 3 is 1.15 bits per heavy atom. The van der Waals surface area contributed by atoms with Gasteiger partial charge in [-0.05, 0) is 105 Å². The molecule has 0 amide bonds. The first-order valence-electron chi connectivity index (χ1n) is 15.3. The summed E-state index contributed by atoms with van der Waals surface area (Å²) in [7, 11) is 3.47. The molecule has 0 bridgehead atoms. The van der Waals surface area contributed by atoms with Crippen LogP contribution in [0.1, 0.15) is 101 Å². The molecule has 214 valence electrons. The molecule has 2 nitrogen and oxygen atoms in total. The van der Waals surface area contributed by atoms with Gasteiger partial charge >= 0.3 is 0 Å². The lowest BCUT2D eigenvalue weighted by Gasteiger charge is -2.36. The lowest BCUT2D eigenvalue weighted by molar-refractivity contribution is 0.414. The average Bonchev–Trinajstić information content (AvgIpc) is 3.33. The largest absolute Gasteiger partial charge is 0.497 e. The van der Waals surface area contributed by atoms with Gasteiger partial charge in [0.25, 0.3) is 0 Å². The molecule has 4 aromatic carbocycles. The van der Waals surface area contributed by atoms with Crippen LogP contribution in [0.3, 0.4) is 0 Å². The van der Waals surface area contributed by atoms with Crippen LogP contribution in [0.2, 0.25) is 0 Å². The molecule has 0 atom stereocenters. The predicted molar refractivity (Wildman–Crippen MR) is 173 cm³/mol. The third-order valence-corrected chi connectivity index (χ3v) is 10.7. The van der Waals surface area contributed by atoms with E-state index in [1.54, 1.807) is 14.2 Å².